The summed E-state index contributed by atoms with van der Waals surface area (Å²) >= 11 is 0. The van der Waals surface area contributed by atoms with E-state index in [0.717, 1.165) is 38.2 Å². The topological polar surface area (TPSA) is 50.5 Å². The minimum absolute atomic E-state index is 0.649. The van der Waals surface area contributed by atoms with E-state index in [2.05, 4.69) is 35.3 Å². The monoisotopic (exact) mass is 275 g/mol. The van der Waals surface area contributed by atoms with Crippen molar-refractivity contribution >= 4 is 7.98 Å². The molecule has 4 nitrogen and oxygen atoms in total. The molecule has 1 aromatic rings. The molecule has 1 aromatic carbocycles. The molecule has 5 heteroatoms. The molecule has 0 aromatic heterocycles. The molecule has 1 aliphatic heterocycles. The Kier molecular flexibility index (Phi) is 8.34. The normalized spacial score (nSPS) is 16.4. The maximum absolute atomic E-state index is 5.77. The van der Waals surface area contributed by atoms with Crippen molar-refractivity contribution in [2.75, 3.05) is 40.3 Å². The lowest BCUT2D eigenvalue weighted by Gasteiger charge is -2.29. The van der Waals surface area contributed by atoms with E-state index < -0.39 is 0 Å². The molecule has 1 aliphatic rings. The fourth-order valence-corrected chi connectivity index (χ4v) is 2.34. The van der Waals surface area contributed by atoms with Gasteiger partial charge in [-0.15, -0.1) is 0 Å². The van der Waals surface area contributed by atoms with E-state index in [0.29, 0.717) is 12.5 Å². The molecule has 1 saturated heterocycles. The van der Waals surface area contributed by atoms with Crippen LogP contribution in [-0.4, -0.2) is 53.1 Å². The number of ether oxygens (including phenoxy) is 1. The number of likely N-dealkylation sites (N-methyl/N-ethyl adjacent to an activating group) is 1. The Hall–Kier alpha value is -1.04. The molecule has 3 N–H and O–H groups in total. The second-order valence-corrected chi connectivity index (χ2v) is 4.83. The summed E-state index contributed by atoms with van der Waals surface area (Å²) in [4.78, 5) is 1.91. The van der Waals surface area contributed by atoms with Gasteiger partial charge in [0.1, 0.15) is 12.4 Å². The first-order valence-corrected chi connectivity index (χ1v) is 7.24. The van der Waals surface area contributed by atoms with Crippen LogP contribution in [0.2, 0.25) is 0 Å². The molecule has 2 rings (SSSR count). The molecule has 20 heavy (non-hydrogen) atoms. The Morgan fingerprint density at radius 1 is 1.25 bits per heavy atom. The molecule has 0 atom stereocenters. The molecule has 2 radical (unpaired) electrons. The van der Waals surface area contributed by atoms with E-state index in [1.165, 1.54) is 12.6 Å². The molecule has 1 fully saturated rings. The van der Waals surface area contributed by atoms with Crippen LogP contribution in [0.15, 0.2) is 24.3 Å². The second kappa shape index (κ2) is 9.80. The summed E-state index contributed by atoms with van der Waals surface area (Å²) in [6, 6.07) is 8.51. The van der Waals surface area contributed by atoms with Crippen LogP contribution in [0.3, 0.4) is 0 Å². The molecular formula is C15H26BN3O. The molecule has 1 heterocycles. The summed E-state index contributed by atoms with van der Waals surface area (Å²) in [5.74, 6) is 1.60. The van der Waals surface area contributed by atoms with E-state index in [4.69, 9.17) is 12.7 Å². The Bertz CT molecular complexity index is 351. The number of piperidine rings is 1. The molecular weight excluding hydrogens is 249 g/mol. The Morgan fingerprint density at radius 2 is 1.85 bits per heavy atom. The van der Waals surface area contributed by atoms with Gasteiger partial charge < -0.3 is 20.6 Å². The van der Waals surface area contributed by atoms with Gasteiger partial charge in [0.15, 0.2) is 7.98 Å². The lowest BCUT2D eigenvalue weighted by atomic mass is 9.88. The van der Waals surface area contributed by atoms with Gasteiger partial charge in [-0.25, -0.2) is 0 Å². The van der Waals surface area contributed by atoms with Crippen molar-refractivity contribution in [3.8, 4) is 5.75 Å². The third-order valence-corrected chi connectivity index (χ3v) is 3.50. The van der Waals surface area contributed by atoms with Gasteiger partial charge >= 0.3 is 0 Å². The van der Waals surface area contributed by atoms with Crippen molar-refractivity contribution in [3.63, 3.8) is 0 Å². The predicted octanol–water partition coefficient (Wildman–Crippen LogP) is 1.12. The van der Waals surface area contributed by atoms with Gasteiger partial charge in [0.05, 0.1) is 0 Å². The van der Waals surface area contributed by atoms with Gasteiger partial charge in [0, 0.05) is 6.54 Å². The SMILES string of the molecule is CN.[B]N1CCC(c2ccc(OCCNC)cc2)CC1. The highest BCUT2D eigenvalue weighted by molar-refractivity contribution is 6.04. The maximum Gasteiger partial charge on any atom is 0.182 e. The smallest absolute Gasteiger partial charge is 0.182 e. The van der Waals surface area contributed by atoms with Crippen LogP contribution in [-0.2, 0) is 0 Å². The zero-order chi connectivity index (χ0) is 14.8. The van der Waals surface area contributed by atoms with Gasteiger partial charge in [-0.2, -0.15) is 0 Å². The van der Waals surface area contributed by atoms with Crippen molar-refractivity contribution in [2.45, 2.75) is 18.8 Å². The fraction of sp³-hybridized carbons (Fsp3) is 0.600. The summed E-state index contributed by atoms with van der Waals surface area (Å²) < 4.78 is 5.62. The zero-order valence-electron chi connectivity index (χ0n) is 12.6. The van der Waals surface area contributed by atoms with Crippen LogP contribution in [0.25, 0.3) is 0 Å². The maximum atomic E-state index is 5.77. The molecule has 110 valence electrons. The summed E-state index contributed by atoms with van der Waals surface area (Å²) in [7, 11) is 9.20. The minimum Gasteiger partial charge on any atom is -0.492 e. The first-order valence-electron chi connectivity index (χ1n) is 7.24. The van der Waals surface area contributed by atoms with Crippen molar-refractivity contribution in [2.24, 2.45) is 5.73 Å². The standard InChI is InChI=1S/C14H21BN2O.CH5N/c1-16-8-11-18-14-4-2-12(3-5-14)13-6-9-17(15)10-7-13;1-2/h2-5,13,16H,6-11H2,1H3;2H2,1H3. The van der Waals surface area contributed by atoms with Crippen LogP contribution >= 0.6 is 0 Å². The van der Waals surface area contributed by atoms with Gasteiger partial charge in [-0.05, 0) is 63.6 Å². The number of hydrogen-bond donors (Lipinski definition) is 2. The molecule has 0 unspecified atom stereocenters. The number of nitrogens with zero attached hydrogens (tertiary/aromatic N) is 1. The average molecular weight is 275 g/mol. The van der Waals surface area contributed by atoms with Crippen molar-refractivity contribution in [3.05, 3.63) is 29.8 Å². The lowest BCUT2D eigenvalue weighted by Crippen LogP contribution is -2.30. The van der Waals surface area contributed by atoms with E-state index >= 15 is 0 Å². The van der Waals surface area contributed by atoms with Gasteiger partial charge in [0.25, 0.3) is 0 Å². The summed E-state index contributed by atoms with van der Waals surface area (Å²) in [5.41, 5.74) is 5.91. The van der Waals surface area contributed by atoms with Gasteiger partial charge in [-0.3, -0.25) is 0 Å². The highest BCUT2D eigenvalue weighted by atomic mass is 16.5. The Morgan fingerprint density at radius 3 is 2.40 bits per heavy atom. The molecule has 0 bridgehead atoms. The van der Waals surface area contributed by atoms with Crippen LogP contribution in [0.5, 0.6) is 5.75 Å². The largest absolute Gasteiger partial charge is 0.492 e. The molecule has 0 saturated carbocycles. The number of benzene rings is 1. The van der Waals surface area contributed by atoms with Gasteiger partial charge in [-0.1, -0.05) is 12.1 Å². The van der Waals surface area contributed by atoms with E-state index in [9.17, 15) is 0 Å². The molecule has 0 aliphatic carbocycles. The summed E-state index contributed by atoms with van der Waals surface area (Å²) in [6.07, 6.45) is 2.30. The first kappa shape index (κ1) is 17.0. The fourth-order valence-electron chi connectivity index (χ4n) is 2.34. The third kappa shape index (κ3) is 5.53. The second-order valence-electron chi connectivity index (χ2n) is 4.83. The van der Waals surface area contributed by atoms with E-state index in [-0.39, 0.29) is 0 Å². The summed E-state index contributed by atoms with van der Waals surface area (Å²) in [6.45, 7) is 3.56. The van der Waals surface area contributed by atoms with Gasteiger partial charge in [0.2, 0.25) is 0 Å². The Labute approximate surface area is 124 Å². The Balaban J connectivity index is 0.000000956. The summed E-state index contributed by atoms with van der Waals surface area (Å²) in [5, 5.41) is 3.06. The van der Waals surface area contributed by atoms with Crippen molar-refractivity contribution < 1.29 is 4.74 Å². The lowest BCUT2D eigenvalue weighted by molar-refractivity contribution is 0.317. The number of rotatable bonds is 5. The number of hydrogen-bond acceptors (Lipinski definition) is 4. The first-order chi connectivity index (χ1) is 9.79. The van der Waals surface area contributed by atoms with E-state index in [1.54, 1.807) is 0 Å². The number of nitrogens with one attached hydrogen (secondary N) is 1. The molecule has 0 spiro atoms. The average Bonchev–Trinajstić information content (AvgIpc) is 2.51. The predicted molar refractivity (Wildman–Crippen MR) is 85.3 cm³/mol. The van der Waals surface area contributed by atoms with Crippen molar-refractivity contribution in [1.29, 1.82) is 0 Å². The molecule has 0 amide bonds. The van der Waals surface area contributed by atoms with Crippen molar-refractivity contribution in [1.82, 2.24) is 10.1 Å². The van der Waals surface area contributed by atoms with Crippen LogP contribution in [0.1, 0.15) is 24.3 Å². The number of nitrogens with two attached hydrogens (primary N) is 1. The highest BCUT2D eigenvalue weighted by Crippen LogP contribution is 2.28. The zero-order valence-corrected chi connectivity index (χ0v) is 12.6. The third-order valence-electron chi connectivity index (χ3n) is 3.50. The van der Waals surface area contributed by atoms with Crippen LogP contribution < -0.4 is 15.8 Å². The van der Waals surface area contributed by atoms with Crippen LogP contribution in [0.4, 0.5) is 0 Å². The minimum atomic E-state index is 0.649. The highest BCUT2D eigenvalue weighted by Gasteiger charge is 2.17. The quantitative estimate of drug-likeness (QED) is 0.624. The van der Waals surface area contributed by atoms with Crippen LogP contribution in [0, 0.1) is 0 Å². The van der Waals surface area contributed by atoms with E-state index in [1.807, 2.05) is 11.9 Å².